The van der Waals surface area contributed by atoms with Gasteiger partial charge in [0.25, 0.3) is 0 Å². The molecule has 0 fully saturated rings. The average Bonchev–Trinajstić information content (AvgIpc) is 2.77. The summed E-state index contributed by atoms with van der Waals surface area (Å²) >= 11 is 6.01. The van der Waals surface area contributed by atoms with Gasteiger partial charge in [-0.2, -0.15) is 0 Å². The fourth-order valence-electron chi connectivity index (χ4n) is 1.58. The summed E-state index contributed by atoms with van der Waals surface area (Å²) in [5.74, 6) is 1.39. The Kier molecular flexibility index (Phi) is 3.32. The number of hydrogen-bond acceptors (Lipinski definition) is 2. The maximum Gasteiger partial charge on any atom is 0.138 e. The zero-order valence-electron chi connectivity index (χ0n) is 8.98. The Morgan fingerprint density at radius 2 is 2.00 bits per heavy atom. The van der Waals surface area contributed by atoms with E-state index in [1.807, 2.05) is 25.1 Å². The number of hydrogen-bond donors (Lipinski definition) is 1. The molecule has 1 aromatic carbocycles. The Bertz CT molecular complexity index is 476. The summed E-state index contributed by atoms with van der Waals surface area (Å²) in [5, 5.41) is 10.6. The second kappa shape index (κ2) is 4.73. The Morgan fingerprint density at radius 1 is 1.25 bits per heavy atom. The monoisotopic (exact) mass is 236 g/mol. The summed E-state index contributed by atoms with van der Waals surface area (Å²) < 4.78 is 5.50. The number of rotatable bonds is 3. The van der Waals surface area contributed by atoms with Crippen molar-refractivity contribution in [1.29, 1.82) is 0 Å². The van der Waals surface area contributed by atoms with Gasteiger partial charge >= 0.3 is 0 Å². The van der Waals surface area contributed by atoms with E-state index in [1.54, 1.807) is 18.2 Å². The highest BCUT2D eigenvalue weighted by molar-refractivity contribution is 6.31. The molecule has 84 valence electrons. The third-order valence-corrected chi connectivity index (χ3v) is 2.84. The van der Waals surface area contributed by atoms with Gasteiger partial charge in [-0.3, -0.25) is 0 Å². The smallest absolute Gasteiger partial charge is 0.138 e. The quantitative estimate of drug-likeness (QED) is 0.884. The Hall–Kier alpha value is -1.25. The minimum absolute atomic E-state index is 0.532. The van der Waals surface area contributed by atoms with Crippen LogP contribution in [0.25, 0.3) is 0 Å². The van der Waals surface area contributed by atoms with Crippen LogP contribution in [0.2, 0.25) is 5.02 Å². The van der Waals surface area contributed by atoms with Gasteiger partial charge in [-0.05, 0) is 18.2 Å². The van der Waals surface area contributed by atoms with Crippen LogP contribution in [-0.2, 0) is 6.42 Å². The first-order valence-electron chi connectivity index (χ1n) is 5.23. The first-order chi connectivity index (χ1) is 7.72. The van der Waals surface area contributed by atoms with Crippen LogP contribution in [0.5, 0.6) is 0 Å². The van der Waals surface area contributed by atoms with Gasteiger partial charge in [0.1, 0.15) is 17.6 Å². The molecule has 1 atom stereocenters. The zero-order chi connectivity index (χ0) is 11.5. The fourth-order valence-corrected chi connectivity index (χ4v) is 1.82. The molecule has 0 saturated heterocycles. The Labute approximate surface area is 99.5 Å². The molecule has 0 aliphatic rings. The van der Waals surface area contributed by atoms with E-state index in [0.717, 1.165) is 12.2 Å². The standard InChI is InChI=1S/C13H13ClO2/c1-2-9-7-8-12(16-9)13(15)10-5-3-4-6-11(10)14/h3-8,13,15H,2H2,1H3. The van der Waals surface area contributed by atoms with Gasteiger partial charge < -0.3 is 9.52 Å². The zero-order valence-corrected chi connectivity index (χ0v) is 9.74. The summed E-state index contributed by atoms with van der Waals surface area (Å²) in [6.07, 6.45) is 0.0175. The molecule has 1 unspecified atom stereocenters. The molecule has 2 nitrogen and oxygen atoms in total. The molecule has 0 aliphatic heterocycles. The molecular formula is C13H13ClO2. The van der Waals surface area contributed by atoms with Crippen molar-refractivity contribution in [2.24, 2.45) is 0 Å². The first kappa shape index (κ1) is 11.2. The molecule has 0 amide bonds. The normalized spacial score (nSPS) is 12.7. The van der Waals surface area contributed by atoms with Crippen LogP contribution in [0.1, 0.15) is 30.1 Å². The number of aryl methyl sites for hydroxylation is 1. The molecule has 3 heteroatoms. The molecular weight excluding hydrogens is 224 g/mol. The van der Waals surface area contributed by atoms with Crippen LogP contribution in [0.4, 0.5) is 0 Å². The highest BCUT2D eigenvalue weighted by Crippen LogP contribution is 2.29. The van der Waals surface area contributed by atoms with E-state index in [-0.39, 0.29) is 0 Å². The van der Waals surface area contributed by atoms with Crippen LogP contribution < -0.4 is 0 Å². The lowest BCUT2D eigenvalue weighted by atomic mass is 10.1. The highest BCUT2D eigenvalue weighted by Gasteiger charge is 2.16. The van der Waals surface area contributed by atoms with E-state index in [4.69, 9.17) is 16.0 Å². The van der Waals surface area contributed by atoms with Gasteiger partial charge in [-0.25, -0.2) is 0 Å². The molecule has 0 aliphatic carbocycles. The number of aliphatic hydroxyl groups excluding tert-OH is 1. The first-order valence-corrected chi connectivity index (χ1v) is 5.61. The van der Waals surface area contributed by atoms with Gasteiger partial charge in [-0.1, -0.05) is 36.7 Å². The van der Waals surface area contributed by atoms with Crippen molar-refractivity contribution in [2.45, 2.75) is 19.4 Å². The predicted octanol–water partition coefficient (Wildman–Crippen LogP) is 3.58. The highest BCUT2D eigenvalue weighted by atomic mass is 35.5. The van der Waals surface area contributed by atoms with Crippen LogP contribution >= 0.6 is 11.6 Å². The van der Waals surface area contributed by atoms with Crippen molar-refractivity contribution in [3.05, 3.63) is 58.5 Å². The average molecular weight is 237 g/mol. The van der Waals surface area contributed by atoms with E-state index in [2.05, 4.69) is 0 Å². The van der Waals surface area contributed by atoms with Crippen LogP contribution in [0, 0.1) is 0 Å². The largest absolute Gasteiger partial charge is 0.463 e. The topological polar surface area (TPSA) is 33.4 Å². The lowest BCUT2D eigenvalue weighted by Crippen LogP contribution is -1.98. The van der Waals surface area contributed by atoms with Crippen LogP contribution in [0.3, 0.4) is 0 Å². The molecule has 1 heterocycles. The van der Waals surface area contributed by atoms with E-state index >= 15 is 0 Å². The van der Waals surface area contributed by atoms with Gasteiger partial charge in [0.15, 0.2) is 0 Å². The van der Waals surface area contributed by atoms with E-state index in [0.29, 0.717) is 16.3 Å². The number of halogens is 1. The third-order valence-electron chi connectivity index (χ3n) is 2.50. The van der Waals surface area contributed by atoms with Crippen LogP contribution in [-0.4, -0.2) is 5.11 Å². The van der Waals surface area contributed by atoms with E-state index < -0.39 is 6.10 Å². The Morgan fingerprint density at radius 3 is 2.62 bits per heavy atom. The van der Waals surface area contributed by atoms with Gasteiger partial charge in [0.2, 0.25) is 0 Å². The second-order valence-electron chi connectivity index (χ2n) is 3.58. The van der Waals surface area contributed by atoms with E-state index in [1.165, 1.54) is 0 Å². The lowest BCUT2D eigenvalue weighted by Gasteiger charge is -2.09. The lowest BCUT2D eigenvalue weighted by molar-refractivity contribution is 0.187. The van der Waals surface area contributed by atoms with Crippen molar-refractivity contribution in [3.63, 3.8) is 0 Å². The van der Waals surface area contributed by atoms with Gasteiger partial charge in [0.05, 0.1) is 0 Å². The molecule has 2 aromatic rings. The molecule has 1 aromatic heterocycles. The minimum Gasteiger partial charge on any atom is -0.463 e. The minimum atomic E-state index is -0.797. The molecule has 16 heavy (non-hydrogen) atoms. The van der Waals surface area contributed by atoms with Crippen molar-refractivity contribution >= 4 is 11.6 Å². The number of furan rings is 1. The summed E-state index contributed by atoms with van der Waals surface area (Å²) in [5.41, 5.74) is 0.668. The summed E-state index contributed by atoms with van der Waals surface area (Å²) in [4.78, 5) is 0. The van der Waals surface area contributed by atoms with Crippen molar-refractivity contribution in [2.75, 3.05) is 0 Å². The predicted molar refractivity (Wildman–Crippen MR) is 63.6 cm³/mol. The van der Waals surface area contributed by atoms with E-state index in [9.17, 15) is 5.11 Å². The molecule has 0 radical (unpaired) electrons. The molecule has 0 spiro atoms. The number of benzene rings is 1. The maximum absolute atomic E-state index is 10.1. The second-order valence-corrected chi connectivity index (χ2v) is 3.99. The fraction of sp³-hybridized carbons (Fsp3) is 0.231. The molecule has 0 bridgehead atoms. The molecule has 2 rings (SSSR count). The summed E-state index contributed by atoms with van der Waals surface area (Å²) in [6, 6.07) is 10.9. The van der Waals surface area contributed by atoms with Gasteiger partial charge in [0, 0.05) is 17.0 Å². The Balaban J connectivity index is 2.31. The summed E-state index contributed by atoms with van der Waals surface area (Å²) in [7, 11) is 0. The van der Waals surface area contributed by atoms with Crippen molar-refractivity contribution < 1.29 is 9.52 Å². The van der Waals surface area contributed by atoms with Crippen molar-refractivity contribution in [3.8, 4) is 0 Å². The molecule has 0 saturated carbocycles. The SMILES string of the molecule is CCc1ccc(C(O)c2ccccc2Cl)o1. The van der Waals surface area contributed by atoms with Crippen LogP contribution in [0.15, 0.2) is 40.8 Å². The molecule has 1 N–H and O–H groups in total. The van der Waals surface area contributed by atoms with Crippen molar-refractivity contribution in [1.82, 2.24) is 0 Å². The third kappa shape index (κ3) is 2.13. The summed E-state index contributed by atoms with van der Waals surface area (Å²) in [6.45, 7) is 2.00. The van der Waals surface area contributed by atoms with Gasteiger partial charge in [-0.15, -0.1) is 0 Å². The number of aliphatic hydroxyl groups is 1. The maximum atomic E-state index is 10.1.